The molecule has 0 atom stereocenters. The van der Waals surface area contributed by atoms with Crippen LogP contribution in [0.25, 0.3) is 17.0 Å². The van der Waals surface area contributed by atoms with Gasteiger partial charge in [-0.3, -0.25) is 14.5 Å². The van der Waals surface area contributed by atoms with Crippen LogP contribution in [-0.4, -0.2) is 33.8 Å². The van der Waals surface area contributed by atoms with Crippen molar-refractivity contribution in [3.8, 4) is 5.75 Å². The van der Waals surface area contributed by atoms with Crippen LogP contribution in [0.3, 0.4) is 0 Å². The molecule has 0 bridgehead atoms. The van der Waals surface area contributed by atoms with Gasteiger partial charge in [0.1, 0.15) is 12.4 Å². The van der Waals surface area contributed by atoms with E-state index in [4.69, 9.17) is 16.3 Å². The third-order valence-electron chi connectivity index (χ3n) is 5.83. The average molecular weight is 503 g/mol. The van der Waals surface area contributed by atoms with Gasteiger partial charge < -0.3 is 9.30 Å². The van der Waals surface area contributed by atoms with Gasteiger partial charge >= 0.3 is 0 Å². The summed E-state index contributed by atoms with van der Waals surface area (Å²) >= 11 is 7.13. The van der Waals surface area contributed by atoms with E-state index in [-0.39, 0.29) is 24.3 Å². The topological polar surface area (TPSA) is 51.5 Å². The second-order valence-electron chi connectivity index (χ2n) is 8.35. The number of aryl methyl sites for hydroxylation is 1. The molecular formula is C28H23ClN2O3S. The number of fused-ring (bicyclic) bond motifs is 1. The van der Waals surface area contributed by atoms with Crippen LogP contribution in [0.4, 0.5) is 4.79 Å². The van der Waals surface area contributed by atoms with Gasteiger partial charge in [0.2, 0.25) is 0 Å². The van der Waals surface area contributed by atoms with E-state index in [1.807, 2.05) is 92.0 Å². The second-order valence-corrected chi connectivity index (χ2v) is 9.78. The molecule has 0 N–H and O–H groups in total. The number of hydrogen-bond donors (Lipinski definition) is 0. The molecule has 4 aromatic rings. The number of benzene rings is 3. The minimum absolute atomic E-state index is 0.201. The minimum Gasteiger partial charge on any atom is -0.492 e. The van der Waals surface area contributed by atoms with E-state index in [2.05, 4.69) is 4.57 Å². The van der Waals surface area contributed by atoms with Crippen molar-refractivity contribution in [1.29, 1.82) is 0 Å². The van der Waals surface area contributed by atoms with Gasteiger partial charge in [0.05, 0.1) is 11.4 Å². The molecule has 1 aliphatic heterocycles. The molecule has 0 saturated carbocycles. The first-order valence-electron chi connectivity index (χ1n) is 11.2. The van der Waals surface area contributed by atoms with Crippen LogP contribution in [0.5, 0.6) is 5.75 Å². The zero-order chi connectivity index (χ0) is 24.4. The maximum atomic E-state index is 13.0. The number of rotatable bonds is 7. The number of nitrogens with zero attached hydrogens (tertiary/aromatic N) is 2. The fourth-order valence-electron chi connectivity index (χ4n) is 4.08. The number of amides is 2. The van der Waals surface area contributed by atoms with E-state index in [0.29, 0.717) is 22.2 Å². The van der Waals surface area contributed by atoms with Crippen LogP contribution in [0, 0.1) is 6.92 Å². The molecule has 0 aliphatic carbocycles. The molecular weight excluding hydrogens is 480 g/mol. The first kappa shape index (κ1) is 23.3. The number of carbonyl (C=O) groups excluding carboxylic acids is 2. The predicted molar refractivity (Wildman–Crippen MR) is 142 cm³/mol. The largest absolute Gasteiger partial charge is 0.492 e. The molecule has 7 heteroatoms. The van der Waals surface area contributed by atoms with E-state index in [0.717, 1.165) is 39.4 Å². The average Bonchev–Trinajstić information content (AvgIpc) is 3.32. The van der Waals surface area contributed by atoms with Gasteiger partial charge in [0.15, 0.2) is 0 Å². The fourth-order valence-corrected chi connectivity index (χ4v) is 5.15. The molecule has 1 aliphatic rings. The number of aromatic nitrogens is 1. The molecule has 0 radical (unpaired) electrons. The Kier molecular flexibility index (Phi) is 6.66. The molecule has 1 aromatic heterocycles. The monoisotopic (exact) mass is 502 g/mol. The van der Waals surface area contributed by atoms with Crippen molar-refractivity contribution < 1.29 is 14.3 Å². The van der Waals surface area contributed by atoms with Crippen LogP contribution < -0.4 is 4.74 Å². The summed E-state index contributed by atoms with van der Waals surface area (Å²) in [7, 11) is 0. The van der Waals surface area contributed by atoms with Crippen molar-refractivity contribution in [2.45, 2.75) is 13.5 Å². The highest BCUT2D eigenvalue weighted by Crippen LogP contribution is 2.34. The van der Waals surface area contributed by atoms with Crippen molar-refractivity contribution in [3.05, 3.63) is 106 Å². The van der Waals surface area contributed by atoms with Crippen molar-refractivity contribution in [2.24, 2.45) is 0 Å². The summed E-state index contributed by atoms with van der Waals surface area (Å²) in [4.78, 5) is 27.2. The number of halogens is 1. The van der Waals surface area contributed by atoms with Crippen LogP contribution in [0.2, 0.25) is 5.02 Å². The Morgan fingerprint density at radius 3 is 2.60 bits per heavy atom. The van der Waals surface area contributed by atoms with Crippen molar-refractivity contribution >= 4 is 51.5 Å². The molecule has 1 saturated heterocycles. The van der Waals surface area contributed by atoms with Crippen LogP contribution >= 0.6 is 23.4 Å². The Hall–Kier alpha value is -3.48. The standard InChI is InChI=1S/C28H23ClN2O3S/c1-19-9-11-23(12-10-19)34-14-13-31-27(32)26(35-28(31)33)16-21-18-30(25-8-3-2-7-24(21)25)17-20-5-4-6-22(29)15-20/h2-12,15-16,18H,13-14,17H2,1H3/b26-16-. The summed E-state index contributed by atoms with van der Waals surface area (Å²) in [6.45, 7) is 3.09. The summed E-state index contributed by atoms with van der Waals surface area (Å²) < 4.78 is 7.84. The maximum absolute atomic E-state index is 13.0. The molecule has 2 heterocycles. The highest BCUT2D eigenvalue weighted by atomic mass is 35.5. The lowest BCUT2D eigenvalue weighted by atomic mass is 10.1. The predicted octanol–water partition coefficient (Wildman–Crippen LogP) is 6.77. The highest BCUT2D eigenvalue weighted by Gasteiger charge is 2.35. The SMILES string of the molecule is Cc1ccc(OCCN2C(=O)S/C(=C\c3cn(Cc4cccc(Cl)c4)c4ccccc34)C2=O)cc1. The van der Waals surface area contributed by atoms with Gasteiger partial charge in [-0.1, -0.05) is 59.6 Å². The normalized spacial score (nSPS) is 14.9. The van der Waals surface area contributed by atoms with Gasteiger partial charge in [0.25, 0.3) is 11.1 Å². The molecule has 1 fully saturated rings. The smallest absolute Gasteiger partial charge is 0.293 e. The lowest BCUT2D eigenvalue weighted by molar-refractivity contribution is -0.123. The number of carbonyl (C=O) groups is 2. The van der Waals surface area contributed by atoms with Gasteiger partial charge in [0, 0.05) is 34.2 Å². The molecule has 5 nitrogen and oxygen atoms in total. The molecule has 35 heavy (non-hydrogen) atoms. The van der Waals surface area contributed by atoms with Crippen LogP contribution in [0.1, 0.15) is 16.7 Å². The van der Waals surface area contributed by atoms with Gasteiger partial charge in [-0.05, 0) is 60.7 Å². The van der Waals surface area contributed by atoms with Crippen LogP contribution in [-0.2, 0) is 11.3 Å². The van der Waals surface area contributed by atoms with Gasteiger partial charge in [-0.2, -0.15) is 0 Å². The third kappa shape index (κ3) is 5.14. The summed E-state index contributed by atoms with van der Waals surface area (Å²) in [5.41, 5.74) is 4.16. The molecule has 3 aromatic carbocycles. The number of imide groups is 1. The molecule has 2 amide bonds. The zero-order valence-corrected chi connectivity index (χ0v) is 20.7. The van der Waals surface area contributed by atoms with E-state index in [1.165, 1.54) is 4.90 Å². The molecule has 5 rings (SSSR count). The Morgan fingerprint density at radius 2 is 1.80 bits per heavy atom. The summed E-state index contributed by atoms with van der Waals surface area (Å²) in [5, 5.41) is 1.43. The van der Waals surface area contributed by atoms with E-state index < -0.39 is 0 Å². The first-order valence-corrected chi connectivity index (χ1v) is 12.4. The van der Waals surface area contributed by atoms with Crippen molar-refractivity contribution in [1.82, 2.24) is 9.47 Å². The van der Waals surface area contributed by atoms with E-state index in [9.17, 15) is 9.59 Å². The van der Waals surface area contributed by atoms with E-state index >= 15 is 0 Å². The Balaban J connectivity index is 1.34. The summed E-state index contributed by atoms with van der Waals surface area (Å²) in [6.07, 6.45) is 3.82. The Morgan fingerprint density at radius 1 is 1.00 bits per heavy atom. The fraction of sp³-hybridized carbons (Fsp3) is 0.143. The lowest BCUT2D eigenvalue weighted by Gasteiger charge is -2.13. The molecule has 0 spiro atoms. The lowest BCUT2D eigenvalue weighted by Crippen LogP contribution is -2.32. The molecule has 176 valence electrons. The Bertz CT molecular complexity index is 1440. The number of ether oxygens (including phenoxy) is 1. The van der Waals surface area contributed by atoms with Crippen molar-refractivity contribution in [3.63, 3.8) is 0 Å². The zero-order valence-electron chi connectivity index (χ0n) is 19.1. The Labute approximate surface area is 212 Å². The highest BCUT2D eigenvalue weighted by molar-refractivity contribution is 8.18. The molecule has 0 unspecified atom stereocenters. The quantitative estimate of drug-likeness (QED) is 0.262. The first-order chi connectivity index (χ1) is 17.0. The third-order valence-corrected chi connectivity index (χ3v) is 6.97. The van der Waals surface area contributed by atoms with E-state index in [1.54, 1.807) is 0 Å². The van der Waals surface area contributed by atoms with Gasteiger partial charge in [-0.15, -0.1) is 0 Å². The van der Waals surface area contributed by atoms with Crippen molar-refractivity contribution in [2.75, 3.05) is 13.2 Å². The summed E-state index contributed by atoms with van der Waals surface area (Å²) in [6, 6.07) is 23.5. The van der Waals surface area contributed by atoms with Gasteiger partial charge in [-0.25, -0.2) is 0 Å². The second kappa shape index (κ2) is 10.0. The van der Waals surface area contributed by atoms with Crippen LogP contribution in [0.15, 0.2) is 83.9 Å². The number of thioether (sulfide) groups is 1. The summed E-state index contributed by atoms with van der Waals surface area (Å²) in [5.74, 6) is 0.421. The maximum Gasteiger partial charge on any atom is 0.293 e. The minimum atomic E-state index is -0.292. The number of hydrogen-bond acceptors (Lipinski definition) is 4. The number of para-hydroxylation sites is 1.